The van der Waals surface area contributed by atoms with Gasteiger partial charge >= 0.3 is 6.09 Å². The third-order valence-electron chi connectivity index (χ3n) is 4.38. The fraction of sp³-hybridized carbons (Fsp3) is 0.500. The summed E-state index contributed by atoms with van der Waals surface area (Å²) in [4.78, 5) is 25.9. The maximum Gasteiger partial charge on any atom is 0.414 e. The molecule has 142 valence electrons. The number of halogens is 1. The van der Waals surface area contributed by atoms with Gasteiger partial charge in [0.2, 0.25) is 5.91 Å². The summed E-state index contributed by atoms with van der Waals surface area (Å²) in [5.74, 6) is -0.757. The highest BCUT2D eigenvalue weighted by atomic mass is 32.2. The molecule has 1 unspecified atom stereocenters. The van der Waals surface area contributed by atoms with Crippen LogP contribution in [0.5, 0.6) is 0 Å². The lowest BCUT2D eigenvalue weighted by Crippen LogP contribution is -2.40. The first-order valence-corrected chi connectivity index (χ1v) is 10.0. The van der Waals surface area contributed by atoms with E-state index in [2.05, 4.69) is 5.32 Å². The van der Waals surface area contributed by atoms with Crippen molar-refractivity contribution in [2.75, 3.05) is 47.5 Å². The predicted octanol–water partition coefficient (Wildman–Crippen LogP) is 0.522. The van der Waals surface area contributed by atoms with Gasteiger partial charge in [0.05, 0.1) is 36.0 Å². The maximum atomic E-state index is 14.5. The van der Waals surface area contributed by atoms with Crippen LogP contribution in [0.4, 0.5) is 20.6 Å². The number of carbonyl (C=O) groups excluding carboxylic acids is 2. The van der Waals surface area contributed by atoms with Gasteiger partial charge in [0, 0.05) is 20.0 Å². The normalized spacial score (nSPS) is 22.2. The number of sulfone groups is 1. The number of rotatable bonds is 4. The van der Waals surface area contributed by atoms with Crippen molar-refractivity contribution < 1.29 is 27.1 Å². The van der Waals surface area contributed by atoms with Crippen LogP contribution in [0.3, 0.4) is 0 Å². The third-order valence-corrected chi connectivity index (χ3v) is 5.99. The van der Waals surface area contributed by atoms with E-state index >= 15 is 0 Å². The number of nitrogens with one attached hydrogen (secondary N) is 1. The SMILES string of the molecule is CC(=O)NCC1CN(c2ccc(N3CCS(=O)(=O)CC3)c(F)c2)C(=O)O1. The molecule has 2 aliphatic heterocycles. The van der Waals surface area contributed by atoms with Crippen molar-refractivity contribution in [2.24, 2.45) is 0 Å². The van der Waals surface area contributed by atoms with Gasteiger partial charge < -0.3 is 15.0 Å². The Morgan fingerprint density at radius 1 is 1.35 bits per heavy atom. The number of benzene rings is 1. The van der Waals surface area contributed by atoms with Crippen molar-refractivity contribution >= 4 is 33.2 Å². The summed E-state index contributed by atoms with van der Waals surface area (Å²) in [5, 5.41) is 2.58. The molecule has 2 amide bonds. The van der Waals surface area contributed by atoms with Crippen LogP contribution in [0, 0.1) is 5.82 Å². The van der Waals surface area contributed by atoms with Gasteiger partial charge in [-0.15, -0.1) is 0 Å². The van der Waals surface area contributed by atoms with Gasteiger partial charge in [-0.25, -0.2) is 17.6 Å². The second-order valence-corrected chi connectivity index (χ2v) is 8.63. The molecular formula is C16H20FN3O5S. The van der Waals surface area contributed by atoms with E-state index in [0.717, 1.165) is 0 Å². The molecule has 26 heavy (non-hydrogen) atoms. The quantitative estimate of drug-likeness (QED) is 0.812. The molecule has 2 fully saturated rings. The van der Waals surface area contributed by atoms with Crippen LogP contribution in [0.15, 0.2) is 18.2 Å². The number of carbonyl (C=O) groups is 2. The Bertz CT molecular complexity index is 815. The summed E-state index contributed by atoms with van der Waals surface area (Å²) in [6, 6.07) is 4.38. The first-order valence-electron chi connectivity index (χ1n) is 8.23. The molecule has 0 saturated carbocycles. The minimum Gasteiger partial charge on any atom is -0.442 e. The lowest BCUT2D eigenvalue weighted by atomic mass is 10.2. The number of hydrogen-bond acceptors (Lipinski definition) is 6. The molecule has 8 nitrogen and oxygen atoms in total. The van der Waals surface area contributed by atoms with Crippen molar-refractivity contribution in [1.29, 1.82) is 0 Å². The van der Waals surface area contributed by atoms with Gasteiger partial charge in [-0.1, -0.05) is 0 Å². The summed E-state index contributed by atoms with van der Waals surface area (Å²) >= 11 is 0. The molecule has 10 heteroatoms. The smallest absolute Gasteiger partial charge is 0.414 e. The summed E-state index contributed by atoms with van der Waals surface area (Å²) in [6.45, 7) is 2.25. The first kappa shape index (κ1) is 18.4. The van der Waals surface area contributed by atoms with Gasteiger partial charge in [-0.2, -0.15) is 0 Å². The second-order valence-electron chi connectivity index (χ2n) is 6.33. The Morgan fingerprint density at radius 2 is 2.04 bits per heavy atom. The molecule has 1 N–H and O–H groups in total. The van der Waals surface area contributed by atoms with E-state index in [4.69, 9.17) is 4.74 Å². The minimum absolute atomic E-state index is 0.00251. The van der Waals surface area contributed by atoms with Crippen molar-refractivity contribution in [3.63, 3.8) is 0 Å². The zero-order valence-electron chi connectivity index (χ0n) is 14.3. The first-order chi connectivity index (χ1) is 12.2. The van der Waals surface area contributed by atoms with E-state index < -0.39 is 27.9 Å². The molecule has 1 aromatic carbocycles. The summed E-state index contributed by atoms with van der Waals surface area (Å²) in [6.07, 6.45) is -1.10. The average Bonchev–Trinajstić information content (AvgIpc) is 2.94. The molecule has 1 aromatic rings. The zero-order chi connectivity index (χ0) is 18.9. The fourth-order valence-electron chi connectivity index (χ4n) is 2.97. The van der Waals surface area contributed by atoms with E-state index in [0.29, 0.717) is 11.4 Å². The van der Waals surface area contributed by atoms with Gasteiger partial charge in [0.1, 0.15) is 11.9 Å². The van der Waals surface area contributed by atoms with E-state index in [9.17, 15) is 22.4 Å². The number of anilines is 2. The van der Waals surface area contributed by atoms with Crippen LogP contribution in [0.2, 0.25) is 0 Å². The van der Waals surface area contributed by atoms with Crippen LogP contribution in [0.25, 0.3) is 0 Å². The second kappa shape index (κ2) is 7.10. The fourth-order valence-corrected chi connectivity index (χ4v) is 4.17. The van der Waals surface area contributed by atoms with E-state index in [1.54, 1.807) is 11.0 Å². The highest BCUT2D eigenvalue weighted by molar-refractivity contribution is 7.91. The Hall–Kier alpha value is -2.36. The lowest BCUT2D eigenvalue weighted by molar-refractivity contribution is -0.119. The Balaban J connectivity index is 1.69. The van der Waals surface area contributed by atoms with Crippen molar-refractivity contribution in [3.8, 4) is 0 Å². The van der Waals surface area contributed by atoms with Crippen molar-refractivity contribution in [1.82, 2.24) is 5.32 Å². The van der Waals surface area contributed by atoms with Crippen LogP contribution in [-0.4, -0.2) is 64.2 Å². The standard InChI is InChI=1S/C16H20FN3O5S/c1-11(21)18-9-13-10-20(16(22)25-13)12-2-3-15(14(17)8-12)19-4-6-26(23,24)7-5-19/h2-3,8,13H,4-7,9-10H2,1H3,(H,18,21). The molecule has 3 rings (SSSR count). The average molecular weight is 385 g/mol. The lowest BCUT2D eigenvalue weighted by Gasteiger charge is -2.29. The van der Waals surface area contributed by atoms with Gasteiger partial charge in [-0.05, 0) is 18.2 Å². The van der Waals surface area contributed by atoms with Gasteiger partial charge in [0.25, 0.3) is 0 Å². The van der Waals surface area contributed by atoms with Crippen molar-refractivity contribution in [3.05, 3.63) is 24.0 Å². The molecular weight excluding hydrogens is 365 g/mol. The van der Waals surface area contributed by atoms with Crippen LogP contribution < -0.4 is 15.1 Å². The van der Waals surface area contributed by atoms with Crippen LogP contribution in [0.1, 0.15) is 6.92 Å². The summed E-state index contributed by atoms with van der Waals surface area (Å²) in [7, 11) is -3.05. The minimum atomic E-state index is -3.05. The van der Waals surface area contributed by atoms with Gasteiger partial charge in [-0.3, -0.25) is 9.69 Å². The summed E-state index contributed by atoms with van der Waals surface area (Å²) < 4.78 is 42.7. The number of nitrogens with zero attached hydrogens (tertiary/aromatic N) is 2. The van der Waals surface area contributed by atoms with E-state index in [1.807, 2.05) is 0 Å². The molecule has 0 aliphatic carbocycles. The predicted molar refractivity (Wildman–Crippen MR) is 93.6 cm³/mol. The third kappa shape index (κ3) is 4.06. The molecule has 1 atom stereocenters. The monoisotopic (exact) mass is 385 g/mol. The summed E-state index contributed by atoms with van der Waals surface area (Å²) in [5.41, 5.74) is 0.664. The number of cyclic esters (lactones) is 1. The van der Waals surface area contributed by atoms with Crippen molar-refractivity contribution in [2.45, 2.75) is 13.0 Å². The Morgan fingerprint density at radius 3 is 2.65 bits per heavy atom. The largest absolute Gasteiger partial charge is 0.442 e. The number of amides is 2. The van der Waals surface area contributed by atoms with Gasteiger partial charge in [0.15, 0.2) is 9.84 Å². The highest BCUT2D eigenvalue weighted by Gasteiger charge is 2.33. The highest BCUT2D eigenvalue weighted by Crippen LogP contribution is 2.28. The molecule has 2 saturated heterocycles. The topological polar surface area (TPSA) is 96.0 Å². The number of ether oxygens (including phenoxy) is 1. The molecule has 0 spiro atoms. The van der Waals surface area contributed by atoms with Crippen LogP contribution >= 0.6 is 0 Å². The molecule has 2 aliphatic rings. The Kier molecular flexibility index (Phi) is 5.03. The maximum absolute atomic E-state index is 14.5. The van der Waals surface area contributed by atoms with E-state index in [-0.39, 0.29) is 43.6 Å². The zero-order valence-corrected chi connectivity index (χ0v) is 15.1. The van der Waals surface area contributed by atoms with Crippen LogP contribution in [-0.2, 0) is 19.4 Å². The Labute approximate surface area is 150 Å². The molecule has 0 radical (unpaired) electrons. The molecule has 0 aromatic heterocycles. The molecule has 2 heterocycles. The van der Waals surface area contributed by atoms with E-state index in [1.165, 1.54) is 24.0 Å². The molecule has 0 bridgehead atoms. The number of hydrogen-bond donors (Lipinski definition) is 1.